The van der Waals surface area contributed by atoms with Crippen LogP contribution in [0.5, 0.6) is 0 Å². The highest BCUT2D eigenvalue weighted by Crippen LogP contribution is 2.36. The van der Waals surface area contributed by atoms with Crippen molar-refractivity contribution in [1.29, 1.82) is 0 Å². The lowest BCUT2D eigenvalue weighted by molar-refractivity contribution is -0.150. The van der Waals surface area contributed by atoms with E-state index in [4.69, 9.17) is 44.3 Å². The topological polar surface area (TPSA) is 55.8 Å². The van der Waals surface area contributed by atoms with Gasteiger partial charge in [0.25, 0.3) is 0 Å². The van der Waals surface area contributed by atoms with Crippen molar-refractivity contribution in [3.63, 3.8) is 0 Å². The number of piperidine rings is 1. The summed E-state index contributed by atoms with van der Waals surface area (Å²) in [5, 5.41) is 0.884. The number of carbonyl (C=O) groups is 2. The van der Waals surface area contributed by atoms with E-state index in [0.717, 1.165) is 5.56 Å². The van der Waals surface area contributed by atoms with Gasteiger partial charge in [-0.1, -0.05) is 40.9 Å². The van der Waals surface area contributed by atoms with Gasteiger partial charge in [-0.25, -0.2) is 4.79 Å². The smallest absolute Gasteiger partial charge is 0.411 e. The first-order chi connectivity index (χ1) is 11.8. The van der Waals surface area contributed by atoms with E-state index in [-0.39, 0.29) is 25.0 Å². The van der Waals surface area contributed by atoms with Gasteiger partial charge in [-0.3, -0.25) is 4.79 Å². The standard InChI is InChI=1S/C17H20Cl3NO4/c1-3-24-16(22)13-9-21(17(23)25-10(2)18)7-6-12(13)11-4-5-14(19)15(20)8-11/h4-5,8,10,12-13H,3,6-7,9H2,1-2H3. The first-order valence-electron chi connectivity index (χ1n) is 8.04. The molecule has 1 heterocycles. The lowest BCUT2D eigenvalue weighted by atomic mass is 9.80. The molecule has 0 aliphatic carbocycles. The van der Waals surface area contributed by atoms with E-state index in [0.29, 0.717) is 23.0 Å². The number of halogens is 3. The minimum Gasteiger partial charge on any atom is -0.466 e. The zero-order valence-corrected chi connectivity index (χ0v) is 16.3. The van der Waals surface area contributed by atoms with E-state index >= 15 is 0 Å². The average molecular weight is 409 g/mol. The number of hydrogen-bond acceptors (Lipinski definition) is 4. The summed E-state index contributed by atoms with van der Waals surface area (Å²) in [6.45, 7) is 4.23. The number of alkyl halides is 1. The summed E-state index contributed by atoms with van der Waals surface area (Å²) >= 11 is 17.8. The number of amides is 1. The monoisotopic (exact) mass is 407 g/mol. The Morgan fingerprint density at radius 3 is 2.64 bits per heavy atom. The van der Waals surface area contributed by atoms with Gasteiger partial charge >= 0.3 is 12.1 Å². The number of likely N-dealkylation sites (tertiary alicyclic amines) is 1. The minimum absolute atomic E-state index is 0.119. The Morgan fingerprint density at radius 2 is 2.04 bits per heavy atom. The Bertz CT molecular complexity index is 638. The van der Waals surface area contributed by atoms with Crippen molar-refractivity contribution in [2.24, 2.45) is 5.92 Å². The third-order valence-electron chi connectivity index (χ3n) is 4.10. The van der Waals surface area contributed by atoms with Gasteiger partial charge in [0.2, 0.25) is 0 Å². The molecule has 0 saturated carbocycles. The van der Waals surface area contributed by atoms with E-state index in [2.05, 4.69) is 0 Å². The molecule has 3 atom stereocenters. The lowest BCUT2D eigenvalue weighted by Gasteiger charge is -2.37. The molecule has 0 aromatic heterocycles. The molecule has 1 fully saturated rings. The highest BCUT2D eigenvalue weighted by Gasteiger charge is 2.38. The maximum atomic E-state index is 12.4. The number of ether oxygens (including phenoxy) is 2. The fraction of sp³-hybridized carbons (Fsp3) is 0.529. The fourth-order valence-electron chi connectivity index (χ4n) is 2.96. The summed E-state index contributed by atoms with van der Waals surface area (Å²) in [6.07, 6.45) is 0.0390. The van der Waals surface area contributed by atoms with Gasteiger partial charge in [-0.05, 0) is 38.0 Å². The predicted molar refractivity (Wildman–Crippen MR) is 97.3 cm³/mol. The lowest BCUT2D eigenvalue weighted by Crippen LogP contribution is -2.46. The van der Waals surface area contributed by atoms with Gasteiger partial charge in [0.05, 0.1) is 22.6 Å². The molecule has 1 amide bonds. The van der Waals surface area contributed by atoms with Crippen LogP contribution in [0.4, 0.5) is 4.79 Å². The quantitative estimate of drug-likeness (QED) is 0.536. The summed E-state index contributed by atoms with van der Waals surface area (Å²) < 4.78 is 10.2. The SMILES string of the molecule is CCOC(=O)C1CN(C(=O)OC(C)Cl)CCC1c1ccc(Cl)c(Cl)c1. The number of hydrogen-bond donors (Lipinski definition) is 0. The number of benzene rings is 1. The summed E-state index contributed by atoms with van der Waals surface area (Å²) in [6, 6.07) is 5.31. The van der Waals surface area contributed by atoms with Crippen molar-refractivity contribution < 1.29 is 19.1 Å². The van der Waals surface area contributed by atoms with E-state index in [1.807, 2.05) is 6.07 Å². The van der Waals surface area contributed by atoms with E-state index in [9.17, 15) is 9.59 Å². The highest BCUT2D eigenvalue weighted by atomic mass is 35.5. The molecule has 0 bridgehead atoms. The van der Waals surface area contributed by atoms with Crippen LogP contribution in [-0.4, -0.2) is 42.2 Å². The van der Waals surface area contributed by atoms with Gasteiger partial charge in [-0.15, -0.1) is 0 Å². The zero-order valence-electron chi connectivity index (χ0n) is 14.0. The van der Waals surface area contributed by atoms with Crippen LogP contribution in [0.25, 0.3) is 0 Å². The Kier molecular flexibility index (Phi) is 7.23. The normalized spacial score (nSPS) is 21.6. The number of esters is 1. The second-order valence-electron chi connectivity index (χ2n) is 5.80. The molecular formula is C17H20Cl3NO4. The molecule has 25 heavy (non-hydrogen) atoms. The molecule has 1 aliphatic rings. The van der Waals surface area contributed by atoms with Crippen LogP contribution in [0, 0.1) is 5.92 Å². The van der Waals surface area contributed by atoms with Gasteiger partial charge < -0.3 is 14.4 Å². The summed E-state index contributed by atoms with van der Waals surface area (Å²) in [7, 11) is 0. The molecule has 5 nitrogen and oxygen atoms in total. The molecule has 1 aromatic rings. The number of nitrogens with zero attached hydrogens (tertiary/aromatic N) is 1. The van der Waals surface area contributed by atoms with E-state index in [1.54, 1.807) is 26.0 Å². The van der Waals surface area contributed by atoms with Crippen molar-refractivity contribution in [1.82, 2.24) is 4.90 Å². The maximum absolute atomic E-state index is 12.4. The third-order valence-corrected chi connectivity index (χ3v) is 4.92. The molecule has 3 unspecified atom stereocenters. The molecule has 0 radical (unpaired) electrons. The molecule has 1 saturated heterocycles. The average Bonchev–Trinajstić information content (AvgIpc) is 2.56. The van der Waals surface area contributed by atoms with Crippen molar-refractivity contribution >= 4 is 46.9 Å². The fourth-order valence-corrected chi connectivity index (χ4v) is 3.34. The predicted octanol–water partition coefficient (Wildman–Crippen LogP) is 4.68. The molecule has 2 rings (SSSR count). The molecule has 138 valence electrons. The first-order valence-corrected chi connectivity index (χ1v) is 9.24. The first kappa shape index (κ1) is 20.1. The minimum atomic E-state index is -0.735. The molecule has 0 spiro atoms. The van der Waals surface area contributed by atoms with Crippen molar-refractivity contribution in [3.05, 3.63) is 33.8 Å². The third kappa shape index (κ3) is 5.16. The van der Waals surface area contributed by atoms with Gasteiger partial charge in [0, 0.05) is 19.0 Å². The van der Waals surface area contributed by atoms with Crippen LogP contribution in [0.3, 0.4) is 0 Å². The Balaban J connectivity index is 2.23. The van der Waals surface area contributed by atoms with E-state index in [1.165, 1.54) is 4.90 Å². The van der Waals surface area contributed by atoms with Crippen molar-refractivity contribution in [2.75, 3.05) is 19.7 Å². The van der Waals surface area contributed by atoms with Crippen LogP contribution in [-0.2, 0) is 14.3 Å². The van der Waals surface area contributed by atoms with Crippen molar-refractivity contribution in [3.8, 4) is 0 Å². The summed E-state index contributed by atoms with van der Waals surface area (Å²) in [5.41, 5.74) is 0.160. The number of carbonyl (C=O) groups excluding carboxylic acids is 2. The van der Waals surface area contributed by atoms with E-state index < -0.39 is 17.6 Å². The Morgan fingerprint density at radius 1 is 1.32 bits per heavy atom. The van der Waals surface area contributed by atoms with Gasteiger partial charge in [-0.2, -0.15) is 0 Å². The van der Waals surface area contributed by atoms with Gasteiger partial charge in [0.1, 0.15) is 0 Å². The second kappa shape index (κ2) is 8.97. The van der Waals surface area contributed by atoms with Crippen LogP contribution in [0.15, 0.2) is 18.2 Å². The van der Waals surface area contributed by atoms with Crippen LogP contribution < -0.4 is 0 Å². The Labute approximate surface area is 162 Å². The number of rotatable bonds is 4. The van der Waals surface area contributed by atoms with Crippen LogP contribution in [0.2, 0.25) is 10.0 Å². The van der Waals surface area contributed by atoms with Gasteiger partial charge in [0.15, 0.2) is 5.56 Å². The van der Waals surface area contributed by atoms with Crippen LogP contribution in [0.1, 0.15) is 31.7 Å². The summed E-state index contributed by atoms with van der Waals surface area (Å²) in [5.74, 6) is -0.981. The summed E-state index contributed by atoms with van der Waals surface area (Å²) in [4.78, 5) is 26.0. The second-order valence-corrected chi connectivity index (χ2v) is 7.23. The van der Waals surface area contributed by atoms with Crippen molar-refractivity contribution in [2.45, 2.75) is 31.7 Å². The Hall–Kier alpha value is -1.17. The molecule has 8 heteroatoms. The molecular weight excluding hydrogens is 389 g/mol. The largest absolute Gasteiger partial charge is 0.466 e. The highest BCUT2D eigenvalue weighted by molar-refractivity contribution is 6.42. The zero-order chi connectivity index (χ0) is 18.6. The maximum Gasteiger partial charge on any atom is 0.411 e. The molecule has 1 aromatic carbocycles. The molecule has 0 N–H and O–H groups in total. The molecule has 1 aliphatic heterocycles. The van der Waals surface area contributed by atoms with Crippen LogP contribution >= 0.6 is 34.8 Å².